The fourth-order valence-electron chi connectivity index (χ4n) is 1.16. The van der Waals surface area contributed by atoms with E-state index in [1.807, 2.05) is 13.8 Å². The largest absolute Gasteiger partial charge is 0.291 e. The van der Waals surface area contributed by atoms with Crippen molar-refractivity contribution < 1.29 is 9.59 Å². The van der Waals surface area contributed by atoms with Gasteiger partial charge < -0.3 is 0 Å². The summed E-state index contributed by atoms with van der Waals surface area (Å²) in [7, 11) is 0. The molecule has 2 nitrogen and oxygen atoms in total. The van der Waals surface area contributed by atoms with Gasteiger partial charge in [-0.2, -0.15) is 0 Å². The predicted octanol–water partition coefficient (Wildman–Crippen LogP) is 2.61. The minimum atomic E-state index is -0.529. The third-order valence-electron chi connectivity index (χ3n) is 2.07. The van der Waals surface area contributed by atoms with Crippen molar-refractivity contribution in [3.63, 3.8) is 0 Å². The van der Waals surface area contributed by atoms with Gasteiger partial charge in [0.25, 0.3) is 0 Å². The smallest absolute Gasteiger partial charge is 0.203 e. The van der Waals surface area contributed by atoms with Crippen LogP contribution in [0.5, 0.6) is 0 Å². The molecule has 0 aromatic carbocycles. The van der Waals surface area contributed by atoms with Crippen LogP contribution in [0.4, 0.5) is 0 Å². The van der Waals surface area contributed by atoms with Gasteiger partial charge in [-0.1, -0.05) is 41.0 Å². The molecule has 0 rings (SSSR count). The first-order valence-electron chi connectivity index (χ1n) is 4.89. The molecule has 1 atom stereocenters. The Morgan fingerprint density at radius 1 is 1.23 bits per heavy atom. The summed E-state index contributed by atoms with van der Waals surface area (Å²) in [5.41, 5.74) is -0.529. The average Bonchev–Trinajstić information content (AvgIpc) is 2.00. The van der Waals surface area contributed by atoms with Crippen LogP contribution in [0, 0.1) is 11.3 Å². The summed E-state index contributed by atoms with van der Waals surface area (Å²) in [5, 5.41) is 0. The molecular weight excluding hydrogens is 164 g/mol. The van der Waals surface area contributed by atoms with E-state index < -0.39 is 5.41 Å². The SMILES string of the molecule is CCCC(C)C(=O)C(=O)C(C)(C)C. The van der Waals surface area contributed by atoms with E-state index in [4.69, 9.17) is 0 Å². The fourth-order valence-corrected chi connectivity index (χ4v) is 1.16. The summed E-state index contributed by atoms with van der Waals surface area (Å²) < 4.78 is 0. The molecule has 0 aliphatic rings. The van der Waals surface area contributed by atoms with Gasteiger partial charge in [-0.25, -0.2) is 0 Å². The highest BCUT2D eigenvalue weighted by molar-refractivity contribution is 6.39. The van der Waals surface area contributed by atoms with Crippen LogP contribution in [0.3, 0.4) is 0 Å². The number of rotatable bonds is 4. The van der Waals surface area contributed by atoms with Crippen molar-refractivity contribution in [2.45, 2.75) is 47.5 Å². The van der Waals surface area contributed by atoms with Crippen LogP contribution in [0.2, 0.25) is 0 Å². The summed E-state index contributed by atoms with van der Waals surface area (Å²) in [4.78, 5) is 23.1. The van der Waals surface area contributed by atoms with E-state index in [0.717, 1.165) is 12.8 Å². The molecule has 13 heavy (non-hydrogen) atoms. The van der Waals surface area contributed by atoms with Gasteiger partial charge in [-0.15, -0.1) is 0 Å². The summed E-state index contributed by atoms with van der Waals surface area (Å²) in [5.74, 6) is -0.570. The maximum absolute atomic E-state index is 11.5. The second-order valence-electron chi connectivity index (χ2n) is 4.63. The first-order chi connectivity index (χ1) is 5.80. The number of carbonyl (C=O) groups excluding carboxylic acids is 2. The van der Waals surface area contributed by atoms with Gasteiger partial charge in [0.05, 0.1) is 0 Å². The Hall–Kier alpha value is -0.660. The predicted molar refractivity (Wildman–Crippen MR) is 53.5 cm³/mol. The molecule has 76 valence electrons. The van der Waals surface area contributed by atoms with Crippen LogP contribution in [-0.4, -0.2) is 11.6 Å². The number of carbonyl (C=O) groups is 2. The second kappa shape index (κ2) is 4.54. The van der Waals surface area contributed by atoms with Crippen LogP contribution >= 0.6 is 0 Å². The van der Waals surface area contributed by atoms with Crippen molar-refractivity contribution in [2.24, 2.45) is 11.3 Å². The van der Waals surface area contributed by atoms with E-state index in [1.165, 1.54) is 0 Å². The number of hydrogen-bond donors (Lipinski definition) is 0. The lowest BCUT2D eigenvalue weighted by atomic mass is 9.83. The quantitative estimate of drug-likeness (QED) is 0.629. The van der Waals surface area contributed by atoms with Crippen molar-refractivity contribution >= 4 is 11.6 Å². The Morgan fingerprint density at radius 2 is 1.69 bits per heavy atom. The molecule has 0 bridgehead atoms. The third-order valence-corrected chi connectivity index (χ3v) is 2.07. The molecule has 0 fully saturated rings. The summed E-state index contributed by atoms with van der Waals surface area (Å²) in [6.07, 6.45) is 1.75. The summed E-state index contributed by atoms with van der Waals surface area (Å²) in [6, 6.07) is 0. The van der Waals surface area contributed by atoms with Crippen LogP contribution in [0.25, 0.3) is 0 Å². The number of Topliss-reactive ketones (excluding diaryl/α,β-unsaturated/α-hetero) is 2. The van der Waals surface area contributed by atoms with Gasteiger partial charge >= 0.3 is 0 Å². The maximum Gasteiger partial charge on any atom is 0.203 e. The fraction of sp³-hybridized carbons (Fsp3) is 0.818. The van der Waals surface area contributed by atoms with E-state index in [2.05, 4.69) is 0 Å². The molecule has 0 heterocycles. The molecule has 0 aromatic rings. The lowest BCUT2D eigenvalue weighted by molar-refractivity contribution is -0.143. The normalized spacial score (nSPS) is 13.9. The van der Waals surface area contributed by atoms with E-state index >= 15 is 0 Å². The Kier molecular flexibility index (Phi) is 4.31. The molecule has 0 aromatic heterocycles. The Labute approximate surface area is 80.7 Å². The van der Waals surface area contributed by atoms with Crippen LogP contribution in [-0.2, 0) is 9.59 Å². The molecular formula is C11H20O2. The van der Waals surface area contributed by atoms with Crippen molar-refractivity contribution in [1.82, 2.24) is 0 Å². The van der Waals surface area contributed by atoms with Gasteiger partial charge in [0.1, 0.15) is 0 Å². The minimum absolute atomic E-state index is 0.114. The van der Waals surface area contributed by atoms with Gasteiger partial charge in [0.2, 0.25) is 11.6 Å². The molecule has 2 heteroatoms. The van der Waals surface area contributed by atoms with Crippen LogP contribution < -0.4 is 0 Å². The molecule has 0 radical (unpaired) electrons. The maximum atomic E-state index is 11.5. The van der Waals surface area contributed by atoms with Crippen molar-refractivity contribution in [3.05, 3.63) is 0 Å². The Morgan fingerprint density at radius 3 is 2.00 bits per heavy atom. The summed E-state index contributed by atoms with van der Waals surface area (Å²) >= 11 is 0. The molecule has 0 amide bonds. The molecule has 0 spiro atoms. The standard InChI is InChI=1S/C11H20O2/c1-6-7-8(2)9(12)10(13)11(3,4)5/h8H,6-7H2,1-5H3. The van der Waals surface area contributed by atoms with Crippen molar-refractivity contribution in [2.75, 3.05) is 0 Å². The van der Waals surface area contributed by atoms with E-state index in [-0.39, 0.29) is 17.5 Å². The zero-order chi connectivity index (χ0) is 10.6. The molecule has 0 aliphatic heterocycles. The Bertz CT molecular complexity index is 199. The zero-order valence-electron chi connectivity index (χ0n) is 9.31. The number of ketones is 2. The van der Waals surface area contributed by atoms with E-state index in [0.29, 0.717) is 0 Å². The van der Waals surface area contributed by atoms with Gasteiger partial charge in [-0.05, 0) is 6.42 Å². The lowest BCUT2D eigenvalue weighted by Crippen LogP contribution is -2.32. The highest BCUT2D eigenvalue weighted by Crippen LogP contribution is 2.19. The zero-order valence-corrected chi connectivity index (χ0v) is 9.31. The highest BCUT2D eigenvalue weighted by Gasteiger charge is 2.30. The minimum Gasteiger partial charge on any atom is -0.291 e. The first kappa shape index (κ1) is 12.3. The molecule has 0 saturated heterocycles. The van der Waals surface area contributed by atoms with Crippen LogP contribution in [0.1, 0.15) is 47.5 Å². The van der Waals surface area contributed by atoms with E-state index in [9.17, 15) is 9.59 Å². The molecule has 0 aliphatic carbocycles. The molecule has 1 unspecified atom stereocenters. The van der Waals surface area contributed by atoms with Gasteiger partial charge in [0, 0.05) is 11.3 Å². The van der Waals surface area contributed by atoms with Gasteiger partial charge in [-0.3, -0.25) is 9.59 Å². The Balaban J connectivity index is 4.35. The van der Waals surface area contributed by atoms with Crippen molar-refractivity contribution in [1.29, 1.82) is 0 Å². The highest BCUT2D eigenvalue weighted by atomic mass is 16.2. The van der Waals surface area contributed by atoms with Crippen LogP contribution in [0.15, 0.2) is 0 Å². The lowest BCUT2D eigenvalue weighted by Gasteiger charge is -2.17. The average molecular weight is 184 g/mol. The topological polar surface area (TPSA) is 34.1 Å². The first-order valence-corrected chi connectivity index (χ1v) is 4.89. The van der Waals surface area contributed by atoms with Gasteiger partial charge in [0.15, 0.2) is 0 Å². The second-order valence-corrected chi connectivity index (χ2v) is 4.63. The monoisotopic (exact) mass is 184 g/mol. The van der Waals surface area contributed by atoms with Crippen molar-refractivity contribution in [3.8, 4) is 0 Å². The molecule has 0 N–H and O–H groups in total. The van der Waals surface area contributed by atoms with E-state index in [1.54, 1.807) is 20.8 Å². The summed E-state index contributed by atoms with van der Waals surface area (Å²) in [6.45, 7) is 9.20. The molecule has 0 saturated carbocycles. The number of hydrogen-bond acceptors (Lipinski definition) is 2. The third kappa shape index (κ3) is 3.71.